The van der Waals surface area contributed by atoms with E-state index < -0.39 is 11.1 Å². The van der Waals surface area contributed by atoms with Crippen LogP contribution in [0.4, 0.5) is 8.78 Å². The maximum Gasteiger partial charge on any atom is 0.319 e. The van der Waals surface area contributed by atoms with E-state index in [2.05, 4.69) is 0 Å². The Kier molecular flexibility index (Phi) is 2.09. The van der Waals surface area contributed by atoms with Gasteiger partial charge in [-0.2, -0.15) is 4.39 Å². The molecular weight excluding hydrogens is 174 g/mol. The molecule has 0 saturated carbocycles. The van der Waals surface area contributed by atoms with Crippen LogP contribution in [-0.4, -0.2) is 21.3 Å². The SMILES string of the molecule is OC(F)C(O)(F)Br. The number of rotatable bonds is 1. The molecule has 0 fully saturated rings. The number of halogens is 3. The lowest BCUT2D eigenvalue weighted by atomic mass is 10.7. The molecule has 0 aromatic carbocycles. The molecule has 44 valence electrons. The van der Waals surface area contributed by atoms with Crippen LogP contribution in [0.25, 0.3) is 0 Å². The van der Waals surface area contributed by atoms with Crippen molar-refractivity contribution in [3.05, 3.63) is 0 Å². The third-order valence-electron chi connectivity index (χ3n) is 0.287. The van der Waals surface area contributed by atoms with Gasteiger partial charge in [-0.05, 0) is 15.9 Å². The van der Waals surface area contributed by atoms with Crippen LogP contribution in [0.1, 0.15) is 0 Å². The average Bonchev–Trinajstić information content (AvgIpc) is 1.31. The van der Waals surface area contributed by atoms with Gasteiger partial charge in [0.25, 0.3) is 6.36 Å². The Hall–Kier alpha value is 0.260. The molecule has 2 atom stereocenters. The summed E-state index contributed by atoms with van der Waals surface area (Å²) in [5, 5.41) is 15.3. The highest BCUT2D eigenvalue weighted by atomic mass is 79.9. The third-order valence-corrected chi connectivity index (χ3v) is 0.664. The van der Waals surface area contributed by atoms with E-state index in [4.69, 9.17) is 10.2 Å². The van der Waals surface area contributed by atoms with E-state index in [9.17, 15) is 8.78 Å². The molecule has 0 aromatic rings. The molecular formula is C2H3BrF2O2. The fraction of sp³-hybridized carbons (Fsp3) is 1.00. The van der Waals surface area contributed by atoms with Gasteiger partial charge in [-0.3, -0.25) is 0 Å². The summed E-state index contributed by atoms with van der Waals surface area (Å²) >= 11 is 1.81. The lowest BCUT2D eigenvalue weighted by Crippen LogP contribution is -2.26. The highest BCUT2D eigenvalue weighted by molar-refractivity contribution is 9.10. The van der Waals surface area contributed by atoms with Crippen molar-refractivity contribution in [2.24, 2.45) is 0 Å². The van der Waals surface area contributed by atoms with Gasteiger partial charge in [0.1, 0.15) is 0 Å². The molecule has 0 spiro atoms. The van der Waals surface area contributed by atoms with Crippen molar-refractivity contribution in [3.63, 3.8) is 0 Å². The van der Waals surface area contributed by atoms with E-state index in [1.165, 1.54) is 0 Å². The zero-order valence-corrected chi connectivity index (χ0v) is 4.69. The van der Waals surface area contributed by atoms with Crippen molar-refractivity contribution in [1.29, 1.82) is 0 Å². The summed E-state index contributed by atoms with van der Waals surface area (Å²) in [5.74, 6) is 0. The van der Waals surface area contributed by atoms with E-state index in [0.717, 1.165) is 0 Å². The number of aliphatic hydroxyl groups is 2. The Labute approximate surface area is 46.9 Å². The van der Waals surface area contributed by atoms with Crippen LogP contribution >= 0.6 is 15.9 Å². The van der Waals surface area contributed by atoms with E-state index >= 15 is 0 Å². The second kappa shape index (κ2) is 2.02. The molecule has 0 bridgehead atoms. The summed E-state index contributed by atoms with van der Waals surface area (Å²) in [5.41, 5.74) is 0. The third kappa shape index (κ3) is 2.90. The van der Waals surface area contributed by atoms with Gasteiger partial charge in [0.2, 0.25) is 0 Å². The van der Waals surface area contributed by atoms with Gasteiger partial charge in [0.05, 0.1) is 0 Å². The monoisotopic (exact) mass is 176 g/mol. The first-order valence-electron chi connectivity index (χ1n) is 1.37. The molecule has 5 heteroatoms. The van der Waals surface area contributed by atoms with E-state index in [-0.39, 0.29) is 0 Å². The Bertz CT molecular complexity index is 59.2. The van der Waals surface area contributed by atoms with Crippen LogP contribution in [0.15, 0.2) is 0 Å². The first kappa shape index (κ1) is 7.26. The van der Waals surface area contributed by atoms with Crippen molar-refractivity contribution < 1.29 is 19.0 Å². The molecule has 0 aromatic heterocycles. The standard InChI is InChI=1S/C2H3BrF2O2/c3-2(5,7)1(4)6/h1,6-7H. The molecule has 2 unspecified atom stereocenters. The lowest BCUT2D eigenvalue weighted by molar-refractivity contribution is -0.148. The van der Waals surface area contributed by atoms with Gasteiger partial charge < -0.3 is 10.2 Å². The van der Waals surface area contributed by atoms with Gasteiger partial charge in [-0.25, -0.2) is 4.39 Å². The van der Waals surface area contributed by atoms with Crippen LogP contribution in [0, 0.1) is 0 Å². The Balaban J connectivity index is 3.54. The van der Waals surface area contributed by atoms with Crippen LogP contribution in [0.3, 0.4) is 0 Å². The molecule has 0 aliphatic rings. The molecule has 0 rings (SSSR count). The topological polar surface area (TPSA) is 40.5 Å². The van der Waals surface area contributed by atoms with Crippen molar-refractivity contribution in [3.8, 4) is 0 Å². The Morgan fingerprint density at radius 3 is 1.86 bits per heavy atom. The van der Waals surface area contributed by atoms with E-state index in [1.807, 2.05) is 0 Å². The van der Waals surface area contributed by atoms with Gasteiger partial charge >= 0.3 is 4.76 Å². The van der Waals surface area contributed by atoms with Gasteiger partial charge in [0.15, 0.2) is 0 Å². The maximum atomic E-state index is 11.4. The smallest absolute Gasteiger partial charge is 0.319 e. The molecule has 2 N–H and O–H groups in total. The number of hydrogen-bond acceptors (Lipinski definition) is 2. The molecule has 7 heavy (non-hydrogen) atoms. The van der Waals surface area contributed by atoms with E-state index in [0.29, 0.717) is 0 Å². The van der Waals surface area contributed by atoms with E-state index in [1.54, 1.807) is 15.9 Å². The van der Waals surface area contributed by atoms with Crippen LogP contribution in [0.5, 0.6) is 0 Å². The molecule has 0 radical (unpaired) electrons. The molecule has 2 nitrogen and oxygen atoms in total. The molecule has 0 saturated heterocycles. The quantitative estimate of drug-likeness (QED) is 0.565. The fourth-order valence-corrected chi connectivity index (χ4v) is 0. The van der Waals surface area contributed by atoms with Crippen LogP contribution in [-0.2, 0) is 0 Å². The Morgan fingerprint density at radius 1 is 1.71 bits per heavy atom. The minimum Gasteiger partial charge on any atom is -0.359 e. The second-order valence-electron chi connectivity index (χ2n) is 0.924. The molecule has 0 heterocycles. The zero-order valence-electron chi connectivity index (χ0n) is 3.11. The van der Waals surface area contributed by atoms with Crippen LogP contribution in [0.2, 0.25) is 0 Å². The summed E-state index contributed by atoms with van der Waals surface area (Å²) in [6, 6.07) is 0. The summed E-state index contributed by atoms with van der Waals surface area (Å²) in [6.45, 7) is 0. The first-order chi connectivity index (χ1) is 2.94. The number of aliphatic hydroxyl groups excluding tert-OH is 1. The van der Waals surface area contributed by atoms with Gasteiger partial charge in [-0.1, -0.05) is 0 Å². The van der Waals surface area contributed by atoms with Crippen LogP contribution < -0.4 is 0 Å². The first-order valence-corrected chi connectivity index (χ1v) is 2.16. The van der Waals surface area contributed by atoms with Crippen molar-refractivity contribution in [1.82, 2.24) is 0 Å². The molecule has 0 amide bonds. The largest absolute Gasteiger partial charge is 0.359 e. The molecule has 0 aliphatic carbocycles. The maximum absolute atomic E-state index is 11.4. The fourth-order valence-electron chi connectivity index (χ4n) is 0. The number of hydrogen-bond donors (Lipinski definition) is 2. The van der Waals surface area contributed by atoms with Crippen molar-refractivity contribution in [2.45, 2.75) is 11.1 Å². The zero-order chi connectivity index (χ0) is 6.08. The summed E-state index contributed by atoms with van der Waals surface area (Å²) in [4.78, 5) is 0. The summed E-state index contributed by atoms with van der Waals surface area (Å²) in [7, 11) is 0. The van der Waals surface area contributed by atoms with Crippen molar-refractivity contribution in [2.75, 3.05) is 0 Å². The summed E-state index contributed by atoms with van der Waals surface area (Å²) < 4.78 is 19.2. The summed E-state index contributed by atoms with van der Waals surface area (Å²) in [6.07, 6.45) is -2.90. The normalized spacial score (nSPS) is 23.6. The Morgan fingerprint density at radius 2 is 1.86 bits per heavy atom. The van der Waals surface area contributed by atoms with Gasteiger partial charge in [0, 0.05) is 0 Å². The minimum atomic E-state index is -3.30. The van der Waals surface area contributed by atoms with Gasteiger partial charge in [-0.15, -0.1) is 0 Å². The number of alkyl halides is 3. The predicted molar refractivity (Wildman–Crippen MR) is 22.1 cm³/mol. The highest BCUT2D eigenvalue weighted by Crippen LogP contribution is 2.20. The highest BCUT2D eigenvalue weighted by Gasteiger charge is 2.31. The van der Waals surface area contributed by atoms with Crippen molar-refractivity contribution >= 4 is 15.9 Å². The second-order valence-corrected chi connectivity index (χ2v) is 2.04. The lowest BCUT2D eigenvalue weighted by Gasteiger charge is -2.08. The molecule has 0 aliphatic heterocycles. The predicted octanol–water partition coefficient (Wildman–Crippen LogP) is 0.285. The minimum absolute atomic E-state index is 1.81. The average molecular weight is 177 g/mol.